The molecule has 0 aromatic heterocycles. The number of carbonyl (C=O) groups excluding carboxylic acids is 2. The molecular formula is C17H34ClN3O3. The first kappa shape index (κ1) is 23.1. The number of amides is 2. The maximum absolute atomic E-state index is 12.4. The molecule has 24 heavy (non-hydrogen) atoms. The molecule has 1 aliphatic rings. The van der Waals surface area contributed by atoms with Crippen LogP contribution in [-0.4, -0.2) is 55.1 Å². The number of nitrogens with zero attached hydrogens (tertiary/aromatic N) is 1. The molecule has 0 spiro atoms. The van der Waals surface area contributed by atoms with Crippen molar-refractivity contribution >= 4 is 24.2 Å². The van der Waals surface area contributed by atoms with Crippen LogP contribution in [0.3, 0.4) is 0 Å². The maximum atomic E-state index is 12.4. The minimum Gasteiger partial charge on any atom is -0.382 e. The van der Waals surface area contributed by atoms with Crippen LogP contribution in [0.2, 0.25) is 0 Å². The van der Waals surface area contributed by atoms with Crippen molar-refractivity contribution in [1.29, 1.82) is 0 Å². The van der Waals surface area contributed by atoms with E-state index in [1.54, 1.807) is 6.92 Å². The van der Waals surface area contributed by atoms with E-state index in [0.29, 0.717) is 52.1 Å². The summed E-state index contributed by atoms with van der Waals surface area (Å²) in [5.74, 6) is 0.105. The normalized spacial score (nSPS) is 17.8. The van der Waals surface area contributed by atoms with Crippen LogP contribution in [0, 0.1) is 5.92 Å². The minimum absolute atomic E-state index is 0. The second-order valence-electron chi connectivity index (χ2n) is 6.58. The topological polar surface area (TPSA) is 84.7 Å². The van der Waals surface area contributed by atoms with Gasteiger partial charge in [-0.3, -0.25) is 9.59 Å². The number of hydrogen-bond donors (Lipinski definition) is 2. The van der Waals surface area contributed by atoms with Crippen LogP contribution in [0.25, 0.3) is 0 Å². The molecule has 1 fully saturated rings. The average Bonchev–Trinajstić information content (AvgIpc) is 2.54. The Morgan fingerprint density at radius 1 is 1.29 bits per heavy atom. The molecule has 7 heteroatoms. The van der Waals surface area contributed by atoms with E-state index in [0.717, 1.165) is 12.8 Å². The number of hydrogen-bond acceptors (Lipinski definition) is 4. The van der Waals surface area contributed by atoms with E-state index >= 15 is 0 Å². The Labute approximate surface area is 152 Å². The number of rotatable bonds is 9. The third kappa shape index (κ3) is 7.36. The molecule has 6 nitrogen and oxygen atoms in total. The molecule has 1 heterocycles. The molecule has 3 N–H and O–H groups in total. The number of nitrogens with one attached hydrogen (secondary N) is 1. The minimum atomic E-state index is -0.789. The highest BCUT2D eigenvalue weighted by molar-refractivity contribution is 5.86. The van der Waals surface area contributed by atoms with Gasteiger partial charge in [0.15, 0.2) is 0 Å². The first-order chi connectivity index (χ1) is 10.9. The summed E-state index contributed by atoms with van der Waals surface area (Å²) in [4.78, 5) is 26.4. The van der Waals surface area contributed by atoms with E-state index in [1.165, 1.54) is 0 Å². The van der Waals surface area contributed by atoms with Gasteiger partial charge < -0.3 is 20.7 Å². The number of nitrogens with two attached hydrogens (primary N) is 1. The molecule has 142 valence electrons. The highest BCUT2D eigenvalue weighted by Gasteiger charge is 2.35. The largest absolute Gasteiger partial charge is 0.382 e. The molecule has 1 unspecified atom stereocenters. The Kier molecular flexibility index (Phi) is 11.2. The standard InChI is InChI=1S/C17H33N3O3.ClH/c1-4-9-17(3,18)16(22)20-11-7-14(8-12-20)15(21)19-10-6-13-23-5-2;/h14H,4-13,18H2,1-3H3,(H,19,21);1H. The van der Waals surface area contributed by atoms with Crippen LogP contribution in [0.1, 0.15) is 52.9 Å². The summed E-state index contributed by atoms with van der Waals surface area (Å²) in [6, 6.07) is 0. The first-order valence-corrected chi connectivity index (χ1v) is 8.86. The van der Waals surface area contributed by atoms with Crippen molar-refractivity contribution in [2.75, 3.05) is 32.8 Å². The molecule has 0 saturated carbocycles. The van der Waals surface area contributed by atoms with Gasteiger partial charge >= 0.3 is 0 Å². The van der Waals surface area contributed by atoms with E-state index in [4.69, 9.17) is 10.5 Å². The lowest BCUT2D eigenvalue weighted by Crippen LogP contribution is -2.55. The number of ether oxygens (including phenoxy) is 1. The lowest BCUT2D eigenvalue weighted by molar-refractivity contribution is -0.140. The summed E-state index contributed by atoms with van der Waals surface area (Å²) < 4.78 is 5.25. The van der Waals surface area contributed by atoms with Gasteiger partial charge in [-0.1, -0.05) is 13.3 Å². The Morgan fingerprint density at radius 2 is 1.92 bits per heavy atom. The number of piperidine rings is 1. The van der Waals surface area contributed by atoms with Crippen molar-refractivity contribution in [3.63, 3.8) is 0 Å². The molecule has 0 bridgehead atoms. The summed E-state index contributed by atoms with van der Waals surface area (Å²) in [6.07, 6.45) is 3.83. The molecule has 0 aromatic rings. The number of carbonyl (C=O) groups is 2. The highest BCUT2D eigenvalue weighted by Crippen LogP contribution is 2.21. The molecule has 1 atom stereocenters. The Morgan fingerprint density at radius 3 is 2.46 bits per heavy atom. The van der Waals surface area contributed by atoms with E-state index in [-0.39, 0.29) is 30.1 Å². The first-order valence-electron chi connectivity index (χ1n) is 8.86. The molecule has 0 radical (unpaired) electrons. The summed E-state index contributed by atoms with van der Waals surface area (Å²) in [7, 11) is 0. The van der Waals surface area contributed by atoms with Crippen molar-refractivity contribution in [3.8, 4) is 0 Å². The fraction of sp³-hybridized carbons (Fsp3) is 0.882. The van der Waals surface area contributed by atoms with Crippen molar-refractivity contribution in [3.05, 3.63) is 0 Å². The highest BCUT2D eigenvalue weighted by atomic mass is 35.5. The fourth-order valence-electron chi connectivity index (χ4n) is 3.01. The molecule has 1 aliphatic heterocycles. The fourth-order valence-corrected chi connectivity index (χ4v) is 3.01. The summed E-state index contributed by atoms with van der Waals surface area (Å²) in [5.41, 5.74) is 5.33. The third-order valence-corrected chi connectivity index (χ3v) is 4.38. The summed E-state index contributed by atoms with van der Waals surface area (Å²) in [5, 5.41) is 2.96. The Bertz CT molecular complexity index is 383. The van der Waals surface area contributed by atoms with Gasteiger partial charge in [-0.15, -0.1) is 12.4 Å². The van der Waals surface area contributed by atoms with E-state index in [9.17, 15) is 9.59 Å². The van der Waals surface area contributed by atoms with Gasteiger partial charge in [0.1, 0.15) is 0 Å². The smallest absolute Gasteiger partial charge is 0.242 e. The van der Waals surface area contributed by atoms with E-state index < -0.39 is 5.54 Å². The maximum Gasteiger partial charge on any atom is 0.242 e. The lowest BCUT2D eigenvalue weighted by Gasteiger charge is -2.36. The molecule has 1 rings (SSSR count). The third-order valence-electron chi connectivity index (χ3n) is 4.38. The van der Waals surface area contributed by atoms with Gasteiger partial charge in [0.05, 0.1) is 5.54 Å². The zero-order chi connectivity index (χ0) is 17.3. The van der Waals surface area contributed by atoms with Crippen molar-refractivity contribution in [2.24, 2.45) is 11.7 Å². The second-order valence-corrected chi connectivity index (χ2v) is 6.58. The van der Waals surface area contributed by atoms with Crippen molar-refractivity contribution < 1.29 is 14.3 Å². The van der Waals surface area contributed by atoms with Gasteiger partial charge in [-0.25, -0.2) is 0 Å². The van der Waals surface area contributed by atoms with Gasteiger partial charge in [-0.05, 0) is 39.5 Å². The van der Waals surface area contributed by atoms with Crippen LogP contribution in [-0.2, 0) is 14.3 Å². The predicted molar refractivity (Wildman–Crippen MR) is 98.2 cm³/mol. The quantitative estimate of drug-likeness (QED) is 0.611. The van der Waals surface area contributed by atoms with Gasteiger partial charge in [-0.2, -0.15) is 0 Å². The Balaban J connectivity index is 0.00000529. The zero-order valence-corrected chi connectivity index (χ0v) is 16.1. The SMILES string of the molecule is CCCC(C)(N)C(=O)N1CCC(C(=O)NCCCOCC)CC1.Cl. The molecule has 0 aromatic carbocycles. The number of likely N-dealkylation sites (tertiary alicyclic amines) is 1. The summed E-state index contributed by atoms with van der Waals surface area (Å²) in [6.45, 7) is 9.06. The van der Waals surface area contributed by atoms with E-state index in [1.807, 2.05) is 18.7 Å². The van der Waals surface area contributed by atoms with E-state index in [2.05, 4.69) is 5.32 Å². The molecule has 0 aliphatic carbocycles. The lowest BCUT2D eigenvalue weighted by atomic mass is 9.91. The van der Waals surface area contributed by atoms with Crippen molar-refractivity contribution in [2.45, 2.75) is 58.4 Å². The van der Waals surface area contributed by atoms with Crippen LogP contribution < -0.4 is 11.1 Å². The van der Waals surface area contributed by atoms with Crippen LogP contribution in [0.15, 0.2) is 0 Å². The van der Waals surface area contributed by atoms with Crippen molar-refractivity contribution in [1.82, 2.24) is 10.2 Å². The average molecular weight is 364 g/mol. The zero-order valence-electron chi connectivity index (χ0n) is 15.3. The molecule has 2 amide bonds. The molecule has 1 saturated heterocycles. The Hall–Kier alpha value is -0.850. The second kappa shape index (κ2) is 11.7. The predicted octanol–water partition coefficient (Wildman–Crippen LogP) is 1.71. The van der Waals surface area contributed by atoms with Crippen LogP contribution in [0.4, 0.5) is 0 Å². The van der Waals surface area contributed by atoms with Gasteiger partial charge in [0.25, 0.3) is 0 Å². The molecular weight excluding hydrogens is 330 g/mol. The van der Waals surface area contributed by atoms with Gasteiger partial charge in [0.2, 0.25) is 11.8 Å². The van der Waals surface area contributed by atoms with Gasteiger partial charge in [0, 0.05) is 38.8 Å². The monoisotopic (exact) mass is 363 g/mol. The van der Waals surface area contributed by atoms with Crippen LogP contribution in [0.5, 0.6) is 0 Å². The van der Waals surface area contributed by atoms with Crippen LogP contribution >= 0.6 is 12.4 Å². The summed E-state index contributed by atoms with van der Waals surface area (Å²) >= 11 is 0. The number of halogens is 1.